The van der Waals surface area contributed by atoms with Crippen molar-refractivity contribution in [2.45, 2.75) is 78.3 Å². The number of hydrogen-bond acceptors (Lipinski definition) is 8. The van der Waals surface area contributed by atoms with Gasteiger partial charge in [0.15, 0.2) is 12.1 Å². The molecule has 1 saturated heterocycles. The van der Waals surface area contributed by atoms with Crippen LogP contribution in [0, 0.1) is 6.92 Å². The zero-order valence-corrected chi connectivity index (χ0v) is 17.9. The van der Waals surface area contributed by atoms with Crippen LogP contribution in [0.15, 0.2) is 15.8 Å². The molecule has 3 atom stereocenters. The first kappa shape index (κ1) is 23.0. The third-order valence-corrected chi connectivity index (χ3v) is 6.04. The first-order valence-corrected chi connectivity index (χ1v) is 10.9. The first-order chi connectivity index (χ1) is 12.8. The minimum absolute atomic E-state index is 0.0439. The smallest absolute Gasteiger partial charge is 0.356 e. The van der Waals surface area contributed by atoms with Gasteiger partial charge in [-0.1, -0.05) is 0 Å². The number of aliphatic hydroxyl groups is 1. The van der Waals surface area contributed by atoms with Gasteiger partial charge < -0.3 is 23.6 Å². The third kappa shape index (κ3) is 5.40. The summed E-state index contributed by atoms with van der Waals surface area (Å²) < 4.78 is 36.4. The standard InChI is InChI=1S/C17H29N2O8P/c1-10(2)26-28(23,27-11(3)4)9-24-17(6)13(20)7-14(25-17)19-8-12(5)15(21)18-16(19)22/h8,10-11,13-14,20H,7,9H2,1-6H3,(H,18,21,22)/t13-,14+,17-/m0/s1. The number of aliphatic hydroxyl groups excluding tert-OH is 1. The number of rotatable bonds is 8. The van der Waals surface area contributed by atoms with E-state index in [-0.39, 0.29) is 18.6 Å². The summed E-state index contributed by atoms with van der Waals surface area (Å²) in [5.74, 6) is -1.54. The Morgan fingerprint density at radius 1 is 1.32 bits per heavy atom. The fourth-order valence-corrected chi connectivity index (χ4v) is 4.71. The number of hydrogen-bond donors (Lipinski definition) is 2. The van der Waals surface area contributed by atoms with E-state index < -0.39 is 43.3 Å². The van der Waals surface area contributed by atoms with Crippen LogP contribution in [-0.2, 0) is 23.1 Å². The van der Waals surface area contributed by atoms with E-state index >= 15 is 0 Å². The van der Waals surface area contributed by atoms with E-state index in [1.165, 1.54) is 17.7 Å². The fraction of sp³-hybridized carbons (Fsp3) is 0.765. The average Bonchev–Trinajstić information content (AvgIpc) is 2.83. The minimum atomic E-state index is -3.60. The van der Waals surface area contributed by atoms with Gasteiger partial charge in [0.1, 0.15) is 12.3 Å². The van der Waals surface area contributed by atoms with Crippen LogP contribution in [0.4, 0.5) is 0 Å². The Bertz CT molecular complexity index is 834. The number of aryl methyl sites for hydroxylation is 1. The highest BCUT2D eigenvalue weighted by molar-refractivity contribution is 7.53. The van der Waals surface area contributed by atoms with Gasteiger partial charge in [-0.2, -0.15) is 0 Å². The van der Waals surface area contributed by atoms with E-state index in [4.69, 9.17) is 18.5 Å². The van der Waals surface area contributed by atoms with Gasteiger partial charge in [0.25, 0.3) is 5.56 Å². The lowest BCUT2D eigenvalue weighted by molar-refractivity contribution is -0.249. The summed E-state index contributed by atoms with van der Waals surface area (Å²) in [6, 6.07) is 0. The second-order valence-corrected chi connectivity index (χ2v) is 9.41. The molecule has 1 aromatic heterocycles. The molecule has 160 valence electrons. The second-order valence-electron chi connectivity index (χ2n) is 7.51. The molecule has 0 amide bonds. The van der Waals surface area contributed by atoms with Crippen LogP contribution in [0.2, 0.25) is 0 Å². The lowest BCUT2D eigenvalue weighted by atomic mass is 10.1. The van der Waals surface area contributed by atoms with Crippen molar-refractivity contribution in [2.24, 2.45) is 0 Å². The molecule has 0 aliphatic carbocycles. The SMILES string of the molecule is Cc1cn([C@H]2C[C@H](O)[C@@](C)(OCP(=O)(OC(C)C)OC(C)C)O2)c(=O)[nH]c1=O. The van der Waals surface area contributed by atoms with E-state index in [0.29, 0.717) is 5.56 Å². The van der Waals surface area contributed by atoms with E-state index in [1.54, 1.807) is 34.6 Å². The molecular formula is C17H29N2O8P. The average molecular weight is 420 g/mol. The molecule has 1 aliphatic heterocycles. The lowest BCUT2D eigenvalue weighted by Gasteiger charge is -2.30. The minimum Gasteiger partial charge on any atom is -0.387 e. The Morgan fingerprint density at radius 3 is 2.43 bits per heavy atom. The molecule has 1 fully saturated rings. The lowest BCUT2D eigenvalue weighted by Crippen LogP contribution is -2.40. The van der Waals surface area contributed by atoms with Crippen molar-refractivity contribution in [2.75, 3.05) is 6.35 Å². The highest BCUT2D eigenvalue weighted by atomic mass is 31.2. The van der Waals surface area contributed by atoms with Crippen molar-refractivity contribution in [3.63, 3.8) is 0 Å². The van der Waals surface area contributed by atoms with E-state index in [9.17, 15) is 19.3 Å². The molecule has 0 bridgehead atoms. The van der Waals surface area contributed by atoms with Crippen LogP contribution >= 0.6 is 7.60 Å². The highest BCUT2D eigenvalue weighted by Gasteiger charge is 2.48. The summed E-state index contributed by atoms with van der Waals surface area (Å²) in [4.78, 5) is 25.8. The molecule has 0 saturated carbocycles. The van der Waals surface area contributed by atoms with Crippen LogP contribution in [0.3, 0.4) is 0 Å². The summed E-state index contributed by atoms with van der Waals surface area (Å²) in [6.07, 6.45) is -1.70. The quantitative estimate of drug-likeness (QED) is 0.610. The maximum atomic E-state index is 12.9. The van der Waals surface area contributed by atoms with Crippen molar-refractivity contribution >= 4 is 7.60 Å². The van der Waals surface area contributed by atoms with Crippen LogP contribution in [0.25, 0.3) is 0 Å². The van der Waals surface area contributed by atoms with Gasteiger partial charge in [-0.15, -0.1) is 0 Å². The summed E-state index contributed by atoms with van der Waals surface area (Å²) in [5, 5.41) is 10.4. The number of aromatic nitrogens is 2. The van der Waals surface area contributed by atoms with Crippen molar-refractivity contribution < 1.29 is 28.2 Å². The molecule has 1 aromatic rings. The molecule has 2 heterocycles. The molecule has 2 rings (SSSR count). The number of nitrogens with zero attached hydrogens (tertiary/aromatic N) is 1. The number of ether oxygens (including phenoxy) is 2. The number of aromatic amines is 1. The van der Waals surface area contributed by atoms with Crippen molar-refractivity contribution in [1.82, 2.24) is 9.55 Å². The summed E-state index contributed by atoms with van der Waals surface area (Å²) in [6.45, 7) is 9.93. The Kier molecular flexibility index (Phi) is 7.07. The Hall–Kier alpha value is -1.29. The maximum absolute atomic E-state index is 12.9. The Balaban J connectivity index is 2.18. The fourth-order valence-electron chi connectivity index (χ4n) is 2.84. The molecule has 0 radical (unpaired) electrons. The summed E-state index contributed by atoms with van der Waals surface area (Å²) in [7, 11) is -3.60. The molecule has 0 unspecified atom stereocenters. The Morgan fingerprint density at radius 2 is 1.89 bits per heavy atom. The monoisotopic (exact) mass is 420 g/mol. The van der Waals surface area contributed by atoms with Gasteiger partial charge in [0.05, 0.1) is 12.2 Å². The molecule has 0 spiro atoms. The third-order valence-electron chi connectivity index (χ3n) is 4.11. The Labute approximate surface area is 163 Å². The van der Waals surface area contributed by atoms with E-state index in [0.717, 1.165) is 0 Å². The van der Waals surface area contributed by atoms with Gasteiger partial charge in [-0.05, 0) is 41.5 Å². The normalized spacial score (nSPS) is 25.8. The van der Waals surface area contributed by atoms with Crippen LogP contribution < -0.4 is 11.2 Å². The molecule has 11 heteroatoms. The zero-order valence-electron chi connectivity index (χ0n) is 17.0. The van der Waals surface area contributed by atoms with E-state index in [2.05, 4.69) is 4.98 Å². The number of H-pyrrole nitrogens is 1. The molecule has 1 aliphatic rings. The van der Waals surface area contributed by atoms with Crippen molar-refractivity contribution in [3.8, 4) is 0 Å². The topological polar surface area (TPSA) is 129 Å². The first-order valence-electron chi connectivity index (χ1n) is 9.13. The summed E-state index contributed by atoms with van der Waals surface area (Å²) >= 11 is 0. The van der Waals surface area contributed by atoms with Gasteiger partial charge in [0.2, 0.25) is 0 Å². The van der Waals surface area contributed by atoms with Crippen LogP contribution in [0.5, 0.6) is 0 Å². The molecule has 0 aromatic carbocycles. The molecular weight excluding hydrogens is 391 g/mol. The molecule has 28 heavy (non-hydrogen) atoms. The summed E-state index contributed by atoms with van der Waals surface area (Å²) in [5.41, 5.74) is -0.821. The maximum Gasteiger partial charge on any atom is 0.356 e. The van der Waals surface area contributed by atoms with Gasteiger partial charge in [-0.3, -0.25) is 18.9 Å². The molecule has 2 N–H and O–H groups in total. The predicted molar refractivity (Wildman–Crippen MR) is 101 cm³/mol. The largest absolute Gasteiger partial charge is 0.387 e. The highest BCUT2D eigenvalue weighted by Crippen LogP contribution is 2.52. The zero-order chi connectivity index (χ0) is 21.3. The van der Waals surface area contributed by atoms with Crippen LogP contribution in [-0.4, -0.2) is 45.1 Å². The van der Waals surface area contributed by atoms with Gasteiger partial charge >= 0.3 is 13.3 Å². The van der Waals surface area contributed by atoms with Crippen molar-refractivity contribution in [1.29, 1.82) is 0 Å². The van der Waals surface area contributed by atoms with Gasteiger partial charge in [-0.25, -0.2) is 4.79 Å². The van der Waals surface area contributed by atoms with Crippen LogP contribution in [0.1, 0.15) is 52.8 Å². The van der Waals surface area contributed by atoms with E-state index in [1.807, 2.05) is 0 Å². The van der Waals surface area contributed by atoms with Crippen molar-refractivity contribution in [3.05, 3.63) is 32.6 Å². The molecule has 10 nitrogen and oxygen atoms in total. The second kappa shape index (κ2) is 8.61. The number of nitrogens with one attached hydrogen (secondary N) is 1. The van der Waals surface area contributed by atoms with Gasteiger partial charge in [0, 0.05) is 18.2 Å². The predicted octanol–water partition coefficient (Wildman–Crippen LogP) is 1.86.